The molecule has 0 fully saturated rings. The number of allylic oxidation sites excluding steroid dienone is 16. The van der Waals surface area contributed by atoms with Gasteiger partial charge in [0.15, 0.2) is 0 Å². The van der Waals surface area contributed by atoms with Gasteiger partial charge in [-0.3, -0.25) is 0 Å². The van der Waals surface area contributed by atoms with Gasteiger partial charge in [-0.15, -0.1) is 0 Å². The molecule has 69 heavy (non-hydrogen) atoms. The van der Waals surface area contributed by atoms with Crippen molar-refractivity contribution in [1.29, 1.82) is 0 Å². The molecule has 4 atom stereocenters. The summed E-state index contributed by atoms with van der Waals surface area (Å²) in [6.45, 7) is 26.1. The molecule has 4 unspecified atom stereocenters. The highest BCUT2D eigenvalue weighted by Crippen LogP contribution is 2.63. The van der Waals surface area contributed by atoms with Crippen molar-refractivity contribution in [2.45, 2.75) is 204 Å². The molecule has 4 aliphatic carbocycles. The van der Waals surface area contributed by atoms with E-state index in [2.05, 4.69) is 0 Å². The fourth-order valence-corrected chi connectivity index (χ4v) is 19.6. The minimum absolute atomic E-state index is 0.583. The molecule has 0 amide bonds. The smallest absolute Gasteiger partial charge is 0.239 e. The first-order valence-electron chi connectivity index (χ1n) is 22.9. The topological polar surface area (TPSA) is 0 Å². The van der Waals surface area contributed by atoms with Crippen LogP contribution in [-0.2, 0) is 0 Å². The summed E-state index contributed by atoms with van der Waals surface area (Å²) in [5, 5.41) is -11.3. The van der Waals surface area contributed by atoms with Crippen LogP contribution < -0.4 is 0 Å². The van der Waals surface area contributed by atoms with Gasteiger partial charge in [0.25, 0.3) is 23.7 Å². The second kappa shape index (κ2) is 16.9. The summed E-state index contributed by atoms with van der Waals surface area (Å²) in [5.41, 5.74) is -9.13. The van der Waals surface area contributed by atoms with Crippen molar-refractivity contribution in [3.63, 3.8) is 0 Å². The molecule has 392 valence electrons. The van der Waals surface area contributed by atoms with Crippen molar-refractivity contribution in [2.75, 3.05) is 0 Å². The molecule has 0 saturated carbocycles. The first-order chi connectivity index (χ1) is 30.1. The number of rotatable bonds is 8. The second-order valence-corrected chi connectivity index (χ2v) is 46.8. The van der Waals surface area contributed by atoms with Crippen LogP contribution in [0.4, 0.5) is 70.2 Å². The average molecular weight is 1070 g/mol. The molecule has 0 saturated heterocycles. The molecule has 21 heteroatoms. The van der Waals surface area contributed by atoms with Gasteiger partial charge in [0.1, 0.15) is 54.1 Å². The third-order valence-electron chi connectivity index (χ3n) is 17.7. The minimum Gasteiger partial charge on any atom is -0.239 e. The fourth-order valence-electron chi connectivity index (χ4n) is 10.0. The average Bonchev–Trinajstić information content (AvgIpc) is 3.10. The van der Waals surface area contributed by atoms with Crippen LogP contribution in [0.15, 0.2) is 90.3 Å². The quantitative estimate of drug-likeness (QED) is 0.168. The van der Waals surface area contributed by atoms with E-state index in [1.165, 1.54) is 135 Å². The minimum atomic E-state index is -6.04. The molecule has 0 radical (unpaired) electrons. The van der Waals surface area contributed by atoms with Gasteiger partial charge in [-0.1, -0.05) is 135 Å². The number of hydrogen-bond donors (Lipinski definition) is 0. The van der Waals surface area contributed by atoms with Gasteiger partial charge in [0.2, 0.25) is 0 Å². The van der Waals surface area contributed by atoms with Gasteiger partial charge in [-0.25, -0.2) is 35.1 Å². The van der Waals surface area contributed by atoms with Crippen LogP contribution in [0.5, 0.6) is 0 Å². The van der Waals surface area contributed by atoms with Gasteiger partial charge in [-0.05, 0) is 44.5 Å². The molecule has 4 rings (SSSR count). The van der Waals surface area contributed by atoms with Crippen molar-refractivity contribution < 1.29 is 70.2 Å². The third-order valence-corrected chi connectivity index (χ3v) is 40.0. The van der Waals surface area contributed by atoms with E-state index in [1.807, 2.05) is 0 Å². The zero-order chi connectivity index (χ0) is 54.6. The Morgan fingerprint density at radius 1 is 0.333 bits per heavy atom. The zero-order valence-corrected chi connectivity index (χ0v) is 47.2. The van der Waals surface area contributed by atoms with Gasteiger partial charge in [0, 0.05) is 20.8 Å². The number of hydrogen-bond acceptors (Lipinski definition) is 0. The first-order valence-corrected chi connectivity index (χ1v) is 34.9. The summed E-state index contributed by atoms with van der Waals surface area (Å²) in [5.74, 6) is -29.5. The van der Waals surface area contributed by atoms with Crippen LogP contribution in [0, 0.1) is 0 Å². The maximum Gasteiger partial charge on any atom is 0.284 e. The van der Waals surface area contributed by atoms with Crippen LogP contribution >= 0.6 is 0 Å². The van der Waals surface area contributed by atoms with Crippen LogP contribution in [0.2, 0.25) is 72.5 Å². The molecule has 0 bridgehead atoms. The normalized spacial score (nSPS) is 27.5. The maximum absolute atomic E-state index is 17.9. The second-order valence-electron chi connectivity index (χ2n) is 25.8. The molecular formula is C48H68BF16Si4-. The molecule has 0 aliphatic heterocycles. The van der Waals surface area contributed by atoms with Gasteiger partial charge >= 0.3 is 0 Å². The Morgan fingerprint density at radius 3 is 0.580 bits per heavy atom. The van der Waals surface area contributed by atoms with E-state index in [9.17, 15) is 0 Å². The highest BCUT2D eigenvalue weighted by Gasteiger charge is 2.65. The van der Waals surface area contributed by atoms with E-state index in [1.54, 1.807) is 0 Å². The Balaban J connectivity index is 2.51. The maximum atomic E-state index is 17.9. The van der Waals surface area contributed by atoms with E-state index in [0.29, 0.717) is 0 Å². The Morgan fingerprint density at radius 2 is 0.464 bits per heavy atom. The van der Waals surface area contributed by atoms with E-state index in [0.717, 1.165) is 0 Å². The third kappa shape index (κ3) is 8.85. The van der Waals surface area contributed by atoms with Gasteiger partial charge in [0.05, 0.1) is 32.3 Å². The Hall–Kier alpha value is -2.27. The monoisotopic (exact) mass is 1070 g/mol. The van der Waals surface area contributed by atoms with E-state index in [4.69, 9.17) is 0 Å². The lowest BCUT2D eigenvalue weighted by Gasteiger charge is -2.58. The lowest BCUT2D eigenvalue weighted by atomic mass is 9.08. The first kappa shape index (κ1) is 59.3. The summed E-state index contributed by atoms with van der Waals surface area (Å²) in [4.78, 5) is 0. The highest BCUT2D eigenvalue weighted by molar-refractivity contribution is 7.05. The molecule has 0 heterocycles. The van der Waals surface area contributed by atoms with Crippen molar-refractivity contribution in [1.82, 2.24) is 0 Å². The molecule has 0 N–H and O–H groups in total. The summed E-state index contributed by atoms with van der Waals surface area (Å²) in [7, 11) is -16.3. The van der Waals surface area contributed by atoms with Crippen LogP contribution in [0.1, 0.15) is 83.1 Å². The Kier molecular flexibility index (Phi) is 14.5. The summed E-state index contributed by atoms with van der Waals surface area (Å²) in [6.07, 6.45) is -24.2. The molecule has 0 aromatic carbocycles. The predicted octanol–water partition coefficient (Wildman–Crippen LogP) is 18.3. The zero-order valence-electron chi connectivity index (χ0n) is 43.2. The molecule has 0 spiro atoms. The molecule has 0 aromatic rings. The molecule has 0 nitrogen and oxygen atoms in total. The van der Waals surface area contributed by atoms with Gasteiger partial charge < -0.3 is 0 Å². The van der Waals surface area contributed by atoms with Crippen LogP contribution in [0.3, 0.4) is 0 Å². The summed E-state index contributed by atoms with van der Waals surface area (Å²) >= 11 is 0. The lowest BCUT2D eigenvalue weighted by molar-refractivity contribution is 0.0915. The summed E-state index contributed by atoms with van der Waals surface area (Å²) < 4.78 is 279. The molecular weight excluding hydrogens is 1000 g/mol. The van der Waals surface area contributed by atoms with Crippen molar-refractivity contribution in [3.05, 3.63) is 90.3 Å². The fraction of sp³-hybridized carbons (Fsp3) is 0.667. The van der Waals surface area contributed by atoms with E-state index < -0.39 is 197 Å². The van der Waals surface area contributed by atoms with Crippen LogP contribution in [0.25, 0.3) is 0 Å². The summed E-state index contributed by atoms with van der Waals surface area (Å²) in [6, 6.07) is 0. The predicted molar refractivity (Wildman–Crippen MR) is 259 cm³/mol. The largest absolute Gasteiger partial charge is 0.284 e. The Labute approximate surface area is 401 Å². The van der Waals surface area contributed by atoms with E-state index in [-0.39, 0.29) is 0 Å². The van der Waals surface area contributed by atoms with Gasteiger partial charge in [-0.2, -0.15) is 57.0 Å². The van der Waals surface area contributed by atoms with Crippen LogP contribution in [-0.4, -0.2) is 86.8 Å². The Bertz CT molecular complexity index is 2070. The molecule has 4 aliphatic rings. The standard InChI is InChI=1S/C48H68BF16Si4/c1-41(2,3)66(13,14)37-33(54)29(50)25(21-45(37,58)59)49(26-22-46(60,61)38(34(55)30(26)51)67(15,16)42(4,5)6,27-23-47(62,63)39(35(56)31(27)52)68(17,18)43(7,8)9)28-24-48(64,65)40(36(57)32(28)53)69(19,20)44(10,11)12/h21-24,29-32H,1-20H3/q-1. The van der Waals surface area contributed by atoms with Crippen molar-refractivity contribution in [3.8, 4) is 0 Å². The number of alkyl halides is 12. The highest BCUT2D eigenvalue weighted by atomic mass is 28.3. The van der Waals surface area contributed by atoms with E-state index >= 15 is 70.2 Å². The molecule has 0 aromatic heterocycles. The SMILES string of the molecule is CC(C)(C)[Si](C)(C)C1=C(F)C(F)C([B-](C2=CC(F)(F)C([Si](C)(C)C(C)(C)C)=C(F)C2F)(C2=CC(F)(F)C([Si](C)(C)C(C)(C)C)=C(F)C2F)C2=CC(F)(F)C([Si](C)(C)C(C)(C)C)=C(F)C2F)=CC1(F)F. The lowest BCUT2D eigenvalue weighted by Crippen LogP contribution is -2.62. The number of halogens is 16. The van der Waals surface area contributed by atoms with Crippen molar-refractivity contribution >= 4 is 38.4 Å². The van der Waals surface area contributed by atoms with Crippen molar-refractivity contribution in [2.24, 2.45) is 0 Å².